The van der Waals surface area contributed by atoms with Crippen molar-refractivity contribution in [3.05, 3.63) is 39.4 Å². The van der Waals surface area contributed by atoms with Crippen LogP contribution in [0.1, 0.15) is 29.3 Å². The van der Waals surface area contributed by atoms with Crippen LogP contribution in [0.5, 0.6) is 0 Å². The van der Waals surface area contributed by atoms with Crippen LogP contribution < -0.4 is 10.6 Å². The average molecular weight is 389 g/mol. The van der Waals surface area contributed by atoms with E-state index in [0.717, 1.165) is 6.07 Å². The van der Waals surface area contributed by atoms with E-state index in [9.17, 15) is 28.1 Å². The van der Waals surface area contributed by atoms with Crippen LogP contribution in [0.25, 0.3) is 0 Å². The van der Waals surface area contributed by atoms with E-state index < -0.39 is 39.4 Å². The van der Waals surface area contributed by atoms with Crippen molar-refractivity contribution in [2.45, 2.75) is 20.0 Å². The van der Waals surface area contributed by atoms with Gasteiger partial charge in [0.2, 0.25) is 0 Å². The summed E-state index contributed by atoms with van der Waals surface area (Å²) < 4.78 is 34.4. The molecule has 1 aromatic carbocycles. The van der Waals surface area contributed by atoms with E-state index in [1.54, 1.807) is 6.92 Å². The Hall–Kier alpha value is -2.73. The normalized spacial score (nSPS) is 10.8. The Balaban J connectivity index is 2.64. The predicted molar refractivity (Wildman–Crippen MR) is 90.3 cm³/mol. The molecule has 0 aromatic heterocycles. The molecule has 11 nitrogen and oxygen atoms in total. The average Bonchev–Trinajstić information content (AvgIpc) is 2.56. The van der Waals surface area contributed by atoms with Gasteiger partial charge in [0.15, 0.2) is 0 Å². The Morgan fingerprint density at radius 3 is 2.58 bits per heavy atom. The van der Waals surface area contributed by atoms with Crippen molar-refractivity contribution in [1.29, 1.82) is 0 Å². The molecule has 1 aromatic rings. The van der Waals surface area contributed by atoms with Gasteiger partial charge in [-0.1, -0.05) is 0 Å². The predicted octanol–water partition coefficient (Wildman–Crippen LogP) is 0.849. The maximum Gasteiger partial charge on any atom is 0.407 e. The molecule has 0 aliphatic carbocycles. The maximum atomic E-state index is 11.7. The van der Waals surface area contributed by atoms with Gasteiger partial charge in [0.1, 0.15) is 6.61 Å². The molecule has 0 heterocycles. The minimum atomic E-state index is -4.11. The van der Waals surface area contributed by atoms with Crippen LogP contribution in [0, 0.1) is 10.1 Å². The summed E-state index contributed by atoms with van der Waals surface area (Å²) in [6, 6.07) is 3.78. The number of nitro groups is 1. The number of amides is 2. The summed E-state index contributed by atoms with van der Waals surface area (Å²) in [7, 11) is -4.11. The summed E-state index contributed by atoms with van der Waals surface area (Å²) in [4.78, 5) is 33.7. The Kier molecular flexibility index (Phi) is 7.93. The number of nitrogens with zero attached hydrogens (tertiary/aromatic N) is 1. The fourth-order valence-corrected chi connectivity index (χ4v) is 2.41. The van der Waals surface area contributed by atoms with E-state index in [2.05, 4.69) is 10.6 Å². The molecule has 0 fully saturated rings. The molecule has 0 atom stereocenters. The van der Waals surface area contributed by atoms with Crippen LogP contribution in [0.4, 0.5) is 10.5 Å². The van der Waals surface area contributed by atoms with Gasteiger partial charge >= 0.3 is 6.09 Å². The second-order valence-electron chi connectivity index (χ2n) is 5.10. The molecule has 0 saturated heterocycles. The van der Waals surface area contributed by atoms with Crippen molar-refractivity contribution in [1.82, 2.24) is 10.6 Å². The monoisotopic (exact) mass is 389 g/mol. The second-order valence-corrected chi connectivity index (χ2v) is 6.67. The molecule has 144 valence electrons. The van der Waals surface area contributed by atoms with Crippen LogP contribution in [0.2, 0.25) is 0 Å². The molecule has 3 N–H and O–H groups in total. The molecule has 1 rings (SSSR count). The number of carbonyl (C=O) groups is 2. The highest BCUT2D eigenvalue weighted by molar-refractivity contribution is 7.85. The third kappa shape index (κ3) is 7.44. The molecule has 12 heteroatoms. The fraction of sp³-hybridized carbons (Fsp3) is 0.429. The van der Waals surface area contributed by atoms with Crippen molar-refractivity contribution < 1.29 is 32.2 Å². The first-order chi connectivity index (χ1) is 12.1. The molecule has 0 aliphatic rings. The van der Waals surface area contributed by atoms with E-state index in [0.29, 0.717) is 6.54 Å². The lowest BCUT2D eigenvalue weighted by Gasteiger charge is -2.08. The van der Waals surface area contributed by atoms with Gasteiger partial charge in [0.05, 0.1) is 16.2 Å². The smallest absolute Gasteiger partial charge is 0.407 e. The first-order valence-electron chi connectivity index (χ1n) is 7.55. The van der Waals surface area contributed by atoms with Crippen molar-refractivity contribution >= 4 is 27.8 Å². The van der Waals surface area contributed by atoms with Crippen molar-refractivity contribution in [3.63, 3.8) is 0 Å². The second kappa shape index (κ2) is 9.68. The topological polar surface area (TPSA) is 165 Å². The number of alkyl carbamates (subject to hydrolysis) is 1. The van der Waals surface area contributed by atoms with Crippen molar-refractivity contribution in [2.24, 2.45) is 0 Å². The maximum absolute atomic E-state index is 11.7. The minimum absolute atomic E-state index is 0.0185. The van der Waals surface area contributed by atoms with Gasteiger partial charge < -0.3 is 15.4 Å². The minimum Gasteiger partial charge on any atom is -0.444 e. The molecule has 2 amide bonds. The summed E-state index contributed by atoms with van der Waals surface area (Å²) in [5, 5.41) is 15.9. The van der Waals surface area contributed by atoms with Crippen LogP contribution in [0.3, 0.4) is 0 Å². The standard InChI is InChI=1S/C14H19N3O8S/c1-2-15-13(18)10-4-5-11(12(8-10)17(20)21)9-25-14(19)16-6-3-7-26(22,23)24/h4-5,8H,2-3,6-7,9H2,1H3,(H,15,18)(H,16,19)(H,22,23,24). The van der Waals surface area contributed by atoms with Crippen LogP contribution in [-0.2, 0) is 21.5 Å². The first-order valence-corrected chi connectivity index (χ1v) is 9.16. The molecule has 0 aliphatic heterocycles. The molecular formula is C14H19N3O8S. The summed E-state index contributed by atoms with van der Waals surface area (Å²) in [6.45, 7) is 1.62. The van der Waals surface area contributed by atoms with Crippen LogP contribution >= 0.6 is 0 Å². The number of hydrogen-bond donors (Lipinski definition) is 3. The highest BCUT2D eigenvalue weighted by Crippen LogP contribution is 2.21. The number of hydrogen-bond acceptors (Lipinski definition) is 7. The highest BCUT2D eigenvalue weighted by atomic mass is 32.2. The Labute approximate surface area is 149 Å². The molecule has 0 bridgehead atoms. The largest absolute Gasteiger partial charge is 0.444 e. The molecule has 0 spiro atoms. The van der Waals surface area contributed by atoms with Gasteiger partial charge in [-0.15, -0.1) is 0 Å². The van der Waals surface area contributed by atoms with Gasteiger partial charge in [-0.3, -0.25) is 19.5 Å². The summed E-state index contributed by atoms with van der Waals surface area (Å²) in [5.41, 5.74) is -0.166. The zero-order valence-corrected chi connectivity index (χ0v) is 14.7. The van der Waals surface area contributed by atoms with E-state index in [-0.39, 0.29) is 29.8 Å². The summed E-state index contributed by atoms with van der Waals surface area (Å²) in [6.07, 6.45) is -0.919. The molecule has 0 unspecified atom stereocenters. The molecular weight excluding hydrogens is 370 g/mol. The zero-order chi connectivity index (χ0) is 19.7. The Morgan fingerprint density at radius 1 is 1.31 bits per heavy atom. The molecule has 0 saturated carbocycles. The molecule has 0 radical (unpaired) electrons. The zero-order valence-electron chi connectivity index (χ0n) is 13.9. The van der Waals surface area contributed by atoms with Gasteiger partial charge in [-0.2, -0.15) is 8.42 Å². The number of ether oxygens (including phenoxy) is 1. The quantitative estimate of drug-likeness (QED) is 0.242. The number of nitro benzene ring substituents is 1. The van der Waals surface area contributed by atoms with E-state index in [1.165, 1.54) is 12.1 Å². The lowest BCUT2D eigenvalue weighted by molar-refractivity contribution is -0.385. The van der Waals surface area contributed by atoms with Crippen molar-refractivity contribution in [2.75, 3.05) is 18.8 Å². The van der Waals surface area contributed by atoms with Gasteiger partial charge in [0, 0.05) is 24.7 Å². The fourth-order valence-electron chi connectivity index (χ4n) is 1.90. The van der Waals surface area contributed by atoms with Crippen molar-refractivity contribution in [3.8, 4) is 0 Å². The van der Waals surface area contributed by atoms with Crippen LogP contribution in [0.15, 0.2) is 18.2 Å². The summed E-state index contributed by atoms with van der Waals surface area (Å²) in [5.74, 6) is -0.973. The number of nitrogens with one attached hydrogen (secondary N) is 2. The van der Waals surface area contributed by atoms with E-state index in [1.807, 2.05) is 0 Å². The van der Waals surface area contributed by atoms with E-state index >= 15 is 0 Å². The first kappa shape index (κ1) is 21.3. The highest BCUT2D eigenvalue weighted by Gasteiger charge is 2.18. The van der Waals surface area contributed by atoms with Gasteiger partial charge in [0.25, 0.3) is 21.7 Å². The number of benzene rings is 1. The van der Waals surface area contributed by atoms with Gasteiger partial charge in [-0.05, 0) is 25.5 Å². The Morgan fingerprint density at radius 2 is 2.00 bits per heavy atom. The SMILES string of the molecule is CCNC(=O)c1ccc(COC(=O)NCCCS(=O)(=O)O)c([N+](=O)[O-])c1. The van der Waals surface area contributed by atoms with Gasteiger partial charge in [-0.25, -0.2) is 4.79 Å². The molecule has 26 heavy (non-hydrogen) atoms. The lowest BCUT2D eigenvalue weighted by Crippen LogP contribution is -2.26. The van der Waals surface area contributed by atoms with E-state index in [4.69, 9.17) is 9.29 Å². The number of rotatable bonds is 9. The van der Waals surface area contributed by atoms with Crippen LogP contribution in [-0.4, -0.2) is 48.7 Å². The number of carbonyl (C=O) groups excluding carboxylic acids is 2. The third-order valence-electron chi connectivity index (χ3n) is 3.09. The third-order valence-corrected chi connectivity index (χ3v) is 3.89. The lowest BCUT2D eigenvalue weighted by atomic mass is 10.1. The summed E-state index contributed by atoms with van der Waals surface area (Å²) >= 11 is 0. The Bertz CT molecular complexity index is 778.